The van der Waals surface area contributed by atoms with E-state index in [1.807, 2.05) is 53.0 Å². The molecular formula is C22H19N7S. The molecule has 0 saturated heterocycles. The summed E-state index contributed by atoms with van der Waals surface area (Å²) < 4.78 is 3.97. The Morgan fingerprint density at radius 2 is 1.97 bits per heavy atom. The molecule has 0 aliphatic carbocycles. The minimum absolute atomic E-state index is 0.564. The first kappa shape index (κ1) is 18.3. The van der Waals surface area contributed by atoms with Crippen molar-refractivity contribution in [2.45, 2.75) is 6.54 Å². The van der Waals surface area contributed by atoms with Crippen molar-refractivity contribution in [3.8, 4) is 27.6 Å². The van der Waals surface area contributed by atoms with Crippen LogP contribution in [-0.4, -0.2) is 29.1 Å². The van der Waals surface area contributed by atoms with Gasteiger partial charge in [0.15, 0.2) is 5.82 Å². The number of hydrogen-bond donors (Lipinski definition) is 1. The highest BCUT2D eigenvalue weighted by atomic mass is 32.1. The van der Waals surface area contributed by atoms with Gasteiger partial charge in [0.1, 0.15) is 5.69 Å². The second-order valence-electron chi connectivity index (χ2n) is 6.75. The van der Waals surface area contributed by atoms with E-state index in [4.69, 9.17) is 4.98 Å². The van der Waals surface area contributed by atoms with Crippen LogP contribution in [0.1, 0.15) is 5.56 Å². The summed E-state index contributed by atoms with van der Waals surface area (Å²) in [6, 6.07) is 12.3. The molecule has 5 rings (SSSR count). The fourth-order valence-electron chi connectivity index (χ4n) is 3.33. The Bertz CT molecular complexity index is 1260. The smallest absolute Gasteiger partial charge is 0.223 e. The number of thiophene rings is 1. The van der Waals surface area contributed by atoms with E-state index in [0.717, 1.165) is 33.2 Å². The molecule has 7 nitrogen and oxygen atoms in total. The van der Waals surface area contributed by atoms with E-state index >= 15 is 0 Å². The van der Waals surface area contributed by atoms with Gasteiger partial charge in [-0.3, -0.25) is 0 Å². The lowest BCUT2D eigenvalue weighted by Gasteiger charge is -2.13. The number of para-hydroxylation sites is 1. The summed E-state index contributed by atoms with van der Waals surface area (Å²) in [5.74, 6) is 1.37. The van der Waals surface area contributed by atoms with Crippen molar-refractivity contribution in [1.82, 2.24) is 29.1 Å². The minimum Gasteiger partial charge on any atom is -0.350 e. The molecule has 5 aromatic rings. The molecule has 0 radical (unpaired) electrons. The van der Waals surface area contributed by atoms with E-state index in [9.17, 15) is 0 Å². The third-order valence-corrected chi connectivity index (χ3v) is 5.72. The lowest BCUT2D eigenvalue weighted by molar-refractivity contribution is 0.914. The average Bonchev–Trinajstić information content (AvgIpc) is 3.55. The van der Waals surface area contributed by atoms with Crippen molar-refractivity contribution < 1.29 is 0 Å². The SMILES string of the molecule is Cn1ccnc1-c1nc(NCc2ccccc2-n2ccnc2)ncc1-c1cccs1. The van der Waals surface area contributed by atoms with Crippen LogP contribution >= 0.6 is 11.3 Å². The third-order valence-electron chi connectivity index (χ3n) is 4.82. The lowest BCUT2D eigenvalue weighted by atomic mass is 10.1. The lowest BCUT2D eigenvalue weighted by Crippen LogP contribution is -2.08. The Hall–Kier alpha value is -3.78. The molecule has 0 unspecified atom stereocenters. The van der Waals surface area contributed by atoms with Gasteiger partial charge in [0.25, 0.3) is 0 Å². The third kappa shape index (κ3) is 3.48. The first-order valence-electron chi connectivity index (χ1n) is 9.48. The normalized spacial score (nSPS) is 11.0. The summed E-state index contributed by atoms with van der Waals surface area (Å²) in [6.45, 7) is 0.590. The van der Waals surface area contributed by atoms with Gasteiger partial charge in [-0.25, -0.2) is 19.9 Å². The van der Waals surface area contributed by atoms with Crippen molar-refractivity contribution in [3.05, 3.63) is 84.7 Å². The van der Waals surface area contributed by atoms with Crippen LogP contribution in [0.3, 0.4) is 0 Å². The molecule has 4 heterocycles. The van der Waals surface area contributed by atoms with Crippen LogP contribution in [0, 0.1) is 0 Å². The first-order chi connectivity index (χ1) is 14.8. The summed E-state index contributed by atoms with van der Waals surface area (Å²) in [4.78, 5) is 19.2. The predicted octanol–water partition coefficient (Wildman–Crippen LogP) is 4.40. The second-order valence-corrected chi connectivity index (χ2v) is 7.69. The highest BCUT2D eigenvalue weighted by molar-refractivity contribution is 7.13. The van der Waals surface area contributed by atoms with Gasteiger partial charge in [-0.1, -0.05) is 24.3 Å². The number of hydrogen-bond acceptors (Lipinski definition) is 6. The van der Waals surface area contributed by atoms with Gasteiger partial charge in [0.2, 0.25) is 5.95 Å². The van der Waals surface area contributed by atoms with Gasteiger partial charge < -0.3 is 14.5 Å². The Kier molecular flexibility index (Phi) is 4.82. The molecule has 0 saturated carbocycles. The first-order valence-corrected chi connectivity index (χ1v) is 10.4. The van der Waals surface area contributed by atoms with E-state index in [-0.39, 0.29) is 0 Å². The van der Waals surface area contributed by atoms with Crippen molar-refractivity contribution in [2.24, 2.45) is 7.05 Å². The van der Waals surface area contributed by atoms with Gasteiger partial charge in [-0.05, 0) is 23.1 Å². The van der Waals surface area contributed by atoms with Gasteiger partial charge in [-0.2, -0.15) is 0 Å². The standard InChI is InChI=1S/C22H19N7S/c1-28-10-9-24-21(28)20-17(19-7-4-12-30-19)14-26-22(27-20)25-13-16-5-2-3-6-18(16)29-11-8-23-15-29/h2-12,14-15H,13H2,1H3,(H,25,26,27). The van der Waals surface area contributed by atoms with E-state index in [1.165, 1.54) is 0 Å². The zero-order chi connectivity index (χ0) is 20.3. The maximum absolute atomic E-state index is 4.82. The molecule has 0 aliphatic heterocycles. The van der Waals surface area contributed by atoms with Crippen LogP contribution < -0.4 is 5.32 Å². The fourth-order valence-corrected chi connectivity index (χ4v) is 4.07. The Labute approximate surface area is 177 Å². The van der Waals surface area contributed by atoms with Crippen LogP contribution in [-0.2, 0) is 13.6 Å². The van der Waals surface area contributed by atoms with Crippen molar-refractivity contribution in [2.75, 3.05) is 5.32 Å². The Balaban J connectivity index is 1.48. The number of rotatable bonds is 6. The summed E-state index contributed by atoms with van der Waals surface area (Å²) in [5.41, 5.74) is 3.98. The molecule has 0 fully saturated rings. The van der Waals surface area contributed by atoms with Crippen molar-refractivity contribution >= 4 is 17.3 Å². The van der Waals surface area contributed by atoms with Crippen LogP contribution in [0.5, 0.6) is 0 Å². The van der Waals surface area contributed by atoms with Gasteiger partial charge in [0, 0.05) is 55.0 Å². The zero-order valence-electron chi connectivity index (χ0n) is 16.3. The molecule has 30 heavy (non-hydrogen) atoms. The minimum atomic E-state index is 0.564. The monoisotopic (exact) mass is 413 g/mol. The molecule has 4 aromatic heterocycles. The number of aromatic nitrogens is 6. The van der Waals surface area contributed by atoms with Gasteiger partial charge in [-0.15, -0.1) is 11.3 Å². The van der Waals surface area contributed by atoms with Crippen LogP contribution in [0.15, 0.2) is 79.1 Å². The average molecular weight is 414 g/mol. The number of imidazole rings is 2. The van der Waals surface area contributed by atoms with Gasteiger partial charge >= 0.3 is 0 Å². The van der Waals surface area contributed by atoms with Gasteiger partial charge in [0.05, 0.1) is 12.0 Å². The van der Waals surface area contributed by atoms with E-state index in [0.29, 0.717) is 12.5 Å². The molecule has 0 spiro atoms. The molecule has 1 aromatic carbocycles. The largest absolute Gasteiger partial charge is 0.350 e. The maximum Gasteiger partial charge on any atom is 0.223 e. The number of nitrogens with one attached hydrogen (secondary N) is 1. The Morgan fingerprint density at radius 1 is 1.03 bits per heavy atom. The van der Waals surface area contributed by atoms with Crippen LogP contribution in [0.25, 0.3) is 27.6 Å². The van der Waals surface area contributed by atoms with Crippen molar-refractivity contribution in [3.63, 3.8) is 0 Å². The summed E-state index contributed by atoms with van der Waals surface area (Å²) in [5, 5.41) is 5.42. The molecule has 0 amide bonds. The van der Waals surface area contributed by atoms with E-state index in [1.54, 1.807) is 30.1 Å². The fraction of sp³-hybridized carbons (Fsp3) is 0.0909. The van der Waals surface area contributed by atoms with Crippen molar-refractivity contribution in [1.29, 1.82) is 0 Å². The van der Waals surface area contributed by atoms with Crippen LogP contribution in [0.4, 0.5) is 5.95 Å². The summed E-state index contributed by atoms with van der Waals surface area (Å²) in [7, 11) is 1.97. The number of aryl methyl sites for hydroxylation is 1. The summed E-state index contributed by atoms with van der Waals surface area (Å²) >= 11 is 1.66. The summed E-state index contributed by atoms with van der Waals surface area (Å²) in [6.07, 6.45) is 11.1. The second kappa shape index (κ2) is 7.92. The van der Waals surface area contributed by atoms with E-state index < -0.39 is 0 Å². The van der Waals surface area contributed by atoms with E-state index in [2.05, 4.69) is 43.8 Å². The van der Waals surface area contributed by atoms with Crippen LogP contribution in [0.2, 0.25) is 0 Å². The topological polar surface area (TPSA) is 73.5 Å². The molecule has 0 aliphatic rings. The molecular weight excluding hydrogens is 394 g/mol. The Morgan fingerprint density at radius 3 is 2.73 bits per heavy atom. The zero-order valence-corrected chi connectivity index (χ0v) is 17.1. The maximum atomic E-state index is 4.82. The molecule has 0 atom stereocenters. The highest BCUT2D eigenvalue weighted by Crippen LogP contribution is 2.32. The number of benzene rings is 1. The highest BCUT2D eigenvalue weighted by Gasteiger charge is 2.16. The molecule has 0 bridgehead atoms. The quantitative estimate of drug-likeness (QED) is 0.447. The molecule has 148 valence electrons. The molecule has 8 heteroatoms. The number of nitrogens with zero attached hydrogens (tertiary/aromatic N) is 6. The molecule has 1 N–H and O–H groups in total. The predicted molar refractivity (Wildman–Crippen MR) is 118 cm³/mol. The number of anilines is 1.